The van der Waals surface area contributed by atoms with Gasteiger partial charge in [-0.05, 0) is 24.3 Å². The van der Waals surface area contributed by atoms with Gasteiger partial charge in [-0.1, -0.05) is 12.1 Å². The average Bonchev–Trinajstić information content (AvgIpc) is 2.66. The molecular formula is C18H17F4N3O. The van der Waals surface area contributed by atoms with Crippen LogP contribution in [0.15, 0.2) is 36.4 Å². The number of halogens is 4. The summed E-state index contributed by atoms with van der Waals surface area (Å²) in [6, 6.07) is 8.25. The van der Waals surface area contributed by atoms with E-state index >= 15 is 0 Å². The Balaban J connectivity index is 1.54. The van der Waals surface area contributed by atoms with Crippen LogP contribution in [0.2, 0.25) is 0 Å². The van der Waals surface area contributed by atoms with E-state index in [-0.39, 0.29) is 24.0 Å². The van der Waals surface area contributed by atoms with Gasteiger partial charge in [0, 0.05) is 26.2 Å². The molecule has 0 radical (unpaired) electrons. The van der Waals surface area contributed by atoms with Crippen LogP contribution in [0.1, 0.15) is 0 Å². The van der Waals surface area contributed by atoms with Gasteiger partial charge in [0.1, 0.15) is 5.82 Å². The summed E-state index contributed by atoms with van der Waals surface area (Å²) in [6.07, 6.45) is 0. The number of rotatable bonds is 4. The van der Waals surface area contributed by atoms with E-state index in [9.17, 15) is 22.4 Å². The lowest BCUT2D eigenvalue weighted by atomic mass is 10.2. The molecule has 26 heavy (non-hydrogen) atoms. The van der Waals surface area contributed by atoms with Crippen LogP contribution in [0.5, 0.6) is 0 Å². The Labute approximate surface area is 148 Å². The van der Waals surface area contributed by atoms with Crippen LogP contribution in [-0.4, -0.2) is 43.5 Å². The molecule has 3 rings (SSSR count). The van der Waals surface area contributed by atoms with Gasteiger partial charge >= 0.3 is 0 Å². The number of para-hydroxylation sites is 1. The molecule has 138 valence electrons. The number of nitrogens with zero attached hydrogens (tertiary/aromatic N) is 2. The number of benzene rings is 2. The van der Waals surface area contributed by atoms with Crippen LogP contribution >= 0.6 is 0 Å². The van der Waals surface area contributed by atoms with E-state index in [1.165, 1.54) is 6.07 Å². The standard InChI is InChI=1S/C18H17F4N3O/c19-12-3-1-2-4-15(12)24-7-9-25(10-8-24)16(26)11-23-14-6-5-13(20)17(21)18(14)22/h1-6,23H,7-11H2. The second-order valence-electron chi connectivity index (χ2n) is 5.90. The fourth-order valence-electron chi connectivity index (χ4n) is 2.85. The highest BCUT2D eigenvalue weighted by molar-refractivity contribution is 5.81. The summed E-state index contributed by atoms with van der Waals surface area (Å²) in [5, 5.41) is 2.48. The molecule has 1 amide bonds. The van der Waals surface area contributed by atoms with Crippen molar-refractivity contribution >= 4 is 17.3 Å². The van der Waals surface area contributed by atoms with Crippen LogP contribution in [-0.2, 0) is 4.79 Å². The first-order valence-corrected chi connectivity index (χ1v) is 8.12. The third-order valence-corrected chi connectivity index (χ3v) is 4.29. The van der Waals surface area contributed by atoms with Gasteiger partial charge in [0.05, 0.1) is 17.9 Å². The Morgan fingerprint density at radius 2 is 1.58 bits per heavy atom. The van der Waals surface area contributed by atoms with Gasteiger partial charge in [0.15, 0.2) is 17.5 Å². The molecule has 0 spiro atoms. The van der Waals surface area contributed by atoms with Crippen molar-refractivity contribution in [2.75, 3.05) is 42.9 Å². The molecule has 1 N–H and O–H groups in total. The van der Waals surface area contributed by atoms with Gasteiger partial charge in [-0.2, -0.15) is 0 Å². The maximum atomic E-state index is 13.8. The minimum atomic E-state index is -1.58. The molecule has 1 fully saturated rings. The van der Waals surface area contributed by atoms with Gasteiger partial charge in [-0.3, -0.25) is 4.79 Å². The topological polar surface area (TPSA) is 35.6 Å². The van der Waals surface area contributed by atoms with Gasteiger partial charge < -0.3 is 15.1 Å². The molecule has 0 unspecified atom stereocenters. The Morgan fingerprint density at radius 3 is 2.27 bits per heavy atom. The lowest BCUT2D eigenvalue weighted by Gasteiger charge is -2.36. The molecule has 4 nitrogen and oxygen atoms in total. The molecule has 2 aromatic rings. The Morgan fingerprint density at radius 1 is 0.885 bits per heavy atom. The smallest absolute Gasteiger partial charge is 0.241 e. The number of anilines is 2. The molecule has 1 aliphatic rings. The predicted molar refractivity (Wildman–Crippen MR) is 90.0 cm³/mol. The second kappa shape index (κ2) is 7.63. The highest BCUT2D eigenvalue weighted by Gasteiger charge is 2.23. The number of carbonyl (C=O) groups is 1. The average molecular weight is 367 g/mol. The van der Waals surface area contributed by atoms with Crippen molar-refractivity contribution in [1.82, 2.24) is 4.90 Å². The summed E-state index contributed by atoms with van der Waals surface area (Å²) >= 11 is 0. The van der Waals surface area contributed by atoms with Crippen molar-refractivity contribution in [3.63, 3.8) is 0 Å². The minimum absolute atomic E-state index is 0.248. The van der Waals surface area contributed by atoms with E-state index in [2.05, 4.69) is 5.32 Å². The van der Waals surface area contributed by atoms with Crippen molar-refractivity contribution in [3.05, 3.63) is 59.7 Å². The SMILES string of the molecule is O=C(CNc1ccc(F)c(F)c1F)N1CCN(c2ccccc2F)CC1. The zero-order valence-electron chi connectivity index (χ0n) is 13.8. The third-order valence-electron chi connectivity index (χ3n) is 4.29. The van der Waals surface area contributed by atoms with Crippen molar-refractivity contribution in [1.29, 1.82) is 0 Å². The summed E-state index contributed by atoms with van der Waals surface area (Å²) < 4.78 is 53.5. The lowest BCUT2D eigenvalue weighted by molar-refractivity contribution is -0.129. The van der Waals surface area contributed by atoms with Crippen molar-refractivity contribution in [2.24, 2.45) is 0 Å². The Kier molecular flexibility index (Phi) is 5.29. The number of hydrogen-bond donors (Lipinski definition) is 1. The van der Waals surface area contributed by atoms with E-state index in [1.54, 1.807) is 23.1 Å². The zero-order chi connectivity index (χ0) is 18.7. The first-order valence-electron chi connectivity index (χ1n) is 8.12. The number of amides is 1. The molecule has 0 aromatic heterocycles. The number of piperazine rings is 1. The summed E-state index contributed by atoms with van der Waals surface area (Å²) in [4.78, 5) is 15.6. The fourth-order valence-corrected chi connectivity index (χ4v) is 2.85. The molecule has 1 heterocycles. The Bertz CT molecular complexity index is 807. The van der Waals surface area contributed by atoms with Gasteiger partial charge in [-0.15, -0.1) is 0 Å². The van der Waals surface area contributed by atoms with Crippen LogP contribution in [0.4, 0.5) is 28.9 Å². The highest BCUT2D eigenvalue weighted by atomic mass is 19.2. The number of carbonyl (C=O) groups excluding carboxylic acids is 1. The molecule has 1 aliphatic heterocycles. The summed E-state index contributed by atoms with van der Waals surface area (Å²) in [7, 11) is 0. The van der Waals surface area contributed by atoms with Gasteiger partial charge in [0.2, 0.25) is 5.91 Å². The molecule has 1 saturated heterocycles. The van der Waals surface area contributed by atoms with Crippen LogP contribution in [0.25, 0.3) is 0 Å². The molecule has 2 aromatic carbocycles. The molecule has 8 heteroatoms. The molecule has 0 atom stereocenters. The van der Waals surface area contributed by atoms with E-state index < -0.39 is 17.5 Å². The number of hydrogen-bond acceptors (Lipinski definition) is 3. The van der Waals surface area contributed by atoms with Crippen LogP contribution < -0.4 is 10.2 Å². The predicted octanol–water partition coefficient (Wildman–Crippen LogP) is 3.00. The van der Waals surface area contributed by atoms with Crippen LogP contribution in [0.3, 0.4) is 0 Å². The normalized spacial score (nSPS) is 14.5. The highest BCUT2D eigenvalue weighted by Crippen LogP contribution is 2.21. The van der Waals surface area contributed by atoms with E-state index in [0.717, 1.165) is 12.1 Å². The molecule has 0 bridgehead atoms. The maximum absolute atomic E-state index is 13.8. The minimum Gasteiger partial charge on any atom is -0.374 e. The largest absolute Gasteiger partial charge is 0.374 e. The van der Waals surface area contributed by atoms with Gasteiger partial charge in [0.25, 0.3) is 0 Å². The Hall–Kier alpha value is -2.77. The lowest BCUT2D eigenvalue weighted by Crippen LogP contribution is -2.50. The molecule has 0 aliphatic carbocycles. The van der Waals surface area contributed by atoms with Crippen LogP contribution in [0, 0.1) is 23.3 Å². The van der Waals surface area contributed by atoms with Crippen molar-refractivity contribution < 1.29 is 22.4 Å². The fraction of sp³-hybridized carbons (Fsp3) is 0.278. The zero-order valence-corrected chi connectivity index (χ0v) is 13.8. The van der Waals surface area contributed by atoms with E-state index in [4.69, 9.17) is 0 Å². The molecule has 0 saturated carbocycles. The molecular weight excluding hydrogens is 350 g/mol. The quantitative estimate of drug-likeness (QED) is 0.667. The van der Waals surface area contributed by atoms with E-state index in [1.807, 2.05) is 4.90 Å². The maximum Gasteiger partial charge on any atom is 0.241 e. The first kappa shape index (κ1) is 18.0. The summed E-state index contributed by atoms with van der Waals surface area (Å²) in [6.45, 7) is 1.45. The number of nitrogens with one attached hydrogen (secondary N) is 1. The first-order chi connectivity index (χ1) is 12.5. The van der Waals surface area contributed by atoms with Crippen molar-refractivity contribution in [3.8, 4) is 0 Å². The van der Waals surface area contributed by atoms with Crippen molar-refractivity contribution in [2.45, 2.75) is 0 Å². The van der Waals surface area contributed by atoms with E-state index in [0.29, 0.717) is 31.9 Å². The third kappa shape index (κ3) is 3.74. The summed E-state index contributed by atoms with van der Waals surface area (Å²) in [5.74, 6) is -4.85. The second-order valence-corrected chi connectivity index (χ2v) is 5.90. The van der Waals surface area contributed by atoms with Gasteiger partial charge in [-0.25, -0.2) is 17.6 Å². The summed E-state index contributed by atoms with van der Waals surface area (Å²) in [5.41, 5.74) is 0.212. The monoisotopic (exact) mass is 367 g/mol.